The van der Waals surface area contributed by atoms with Crippen LogP contribution in [0, 0.1) is 5.82 Å². The number of ether oxygens (including phenoxy) is 1. The van der Waals surface area contributed by atoms with E-state index in [4.69, 9.17) is 4.74 Å². The maximum Gasteiger partial charge on any atom is 0.272 e. The number of aromatic nitrogens is 1. The molecule has 0 N–H and O–H groups in total. The van der Waals surface area contributed by atoms with E-state index in [2.05, 4.69) is 4.98 Å². The van der Waals surface area contributed by atoms with Crippen molar-refractivity contribution in [2.75, 3.05) is 19.7 Å². The molecule has 3 rings (SSSR count). The monoisotopic (exact) mass is 300 g/mol. The van der Waals surface area contributed by atoms with Crippen LogP contribution in [-0.4, -0.2) is 41.6 Å². The molecule has 0 spiro atoms. The van der Waals surface area contributed by atoms with E-state index in [1.165, 1.54) is 12.1 Å². The van der Waals surface area contributed by atoms with Gasteiger partial charge in [-0.15, -0.1) is 0 Å². The fourth-order valence-electron chi connectivity index (χ4n) is 2.56. The number of hydrogen-bond donors (Lipinski definition) is 0. The fraction of sp³-hybridized carbons (Fsp3) is 0.294. The van der Waals surface area contributed by atoms with Gasteiger partial charge in [0.25, 0.3) is 5.91 Å². The Morgan fingerprint density at radius 2 is 2.09 bits per heavy atom. The average molecular weight is 300 g/mol. The molecule has 2 heterocycles. The lowest BCUT2D eigenvalue weighted by Crippen LogP contribution is -2.46. The summed E-state index contributed by atoms with van der Waals surface area (Å²) in [6.07, 6.45) is 2.20. The van der Waals surface area contributed by atoms with Crippen molar-refractivity contribution in [1.82, 2.24) is 9.88 Å². The predicted molar refractivity (Wildman–Crippen MR) is 80.0 cm³/mol. The summed E-state index contributed by atoms with van der Waals surface area (Å²) in [6.45, 7) is 1.59. The van der Waals surface area contributed by atoms with Crippen LogP contribution in [0.1, 0.15) is 16.1 Å². The number of hydrogen-bond acceptors (Lipinski definition) is 3. The van der Waals surface area contributed by atoms with Crippen molar-refractivity contribution in [2.45, 2.75) is 12.5 Å². The van der Waals surface area contributed by atoms with E-state index in [0.717, 1.165) is 5.56 Å². The minimum absolute atomic E-state index is 0.0759. The Labute approximate surface area is 128 Å². The number of rotatable bonds is 3. The van der Waals surface area contributed by atoms with Crippen molar-refractivity contribution in [3.63, 3.8) is 0 Å². The molecule has 1 aromatic heterocycles. The molecule has 5 heteroatoms. The lowest BCUT2D eigenvalue weighted by atomic mass is 10.1. The Balaban J connectivity index is 1.64. The van der Waals surface area contributed by atoms with Crippen molar-refractivity contribution in [3.8, 4) is 0 Å². The van der Waals surface area contributed by atoms with Crippen molar-refractivity contribution in [1.29, 1.82) is 0 Å². The molecule has 114 valence electrons. The fourth-order valence-corrected chi connectivity index (χ4v) is 2.56. The molecule has 1 aromatic carbocycles. The van der Waals surface area contributed by atoms with Gasteiger partial charge in [-0.1, -0.05) is 18.2 Å². The SMILES string of the molecule is O=C(c1ccccn1)N1CCO[C@H](Cc2ccc(F)cc2)C1. The Morgan fingerprint density at radius 3 is 2.82 bits per heavy atom. The summed E-state index contributed by atoms with van der Waals surface area (Å²) in [7, 11) is 0. The summed E-state index contributed by atoms with van der Waals surface area (Å²) in [4.78, 5) is 18.3. The molecular formula is C17H17FN2O2. The van der Waals surface area contributed by atoms with E-state index in [1.807, 2.05) is 0 Å². The third-order valence-corrected chi connectivity index (χ3v) is 3.69. The van der Waals surface area contributed by atoms with Crippen LogP contribution in [0.15, 0.2) is 48.7 Å². The van der Waals surface area contributed by atoms with Crippen LogP contribution in [0.2, 0.25) is 0 Å². The lowest BCUT2D eigenvalue weighted by Gasteiger charge is -2.32. The van der Waals surface area contributed by atoms with E-state index in [-0.39, 0.29) is 17.8 Å². The second kappa shape index (κ2) is 6.66. The van der Waals surface area contributed by atoms with Crippen LogP contribution in [-0.2, 0) is 11.2 Å². The highest BCUT2D eigenvalue weighted by Crippen LogP contribution is 2.14. The Bertz CT molecular complexity index is 631. The lowest BCUT2D eigenvalue weighted by molar-refractivity contribution is -0.0210. The average Bonchev–Trinajstić information content (AvgIpc) is 2.57. The molecule has 0 aliphatic carbocycles. The molecule has 1 aliphatic heterocycles. The molecule has 0 saturated carbocycles. The number of benzene rings is 1. The normalized spacial score (nSPS) is 18.2. The zero-order chi connectivity index (χ0) is 15.4. The first-order valence-electron chi connectivity index (χ1n) is 7.29. The molecule has 1 atom stereocenters. The zero-order valence-corrected chi connectivity index (χ0v) is 12.1. The molecule has 4 nitrogen and oxygen atoms in total. The third kappa shape index (κ3) is 3.49. The van der Waals surface area contributed by atoms with Crippen molar-refractivity contribution >= 4 is 5.91 Å². The number of morpholine rings is 1. The van der Waals surface area contributed by atoms with Crippen molar-refractivity contribution in [3.05, 3.63) is 65.7 Å². The molecule has 1 saturated heterocycles. The molecule has 2 aromatic rings. The van der Waals surface area contributed by atoms with E-state index < -0.39 is 0 Å². The zero-order valence-electron chi connectivity index (χ0n) is 12.1. The summed E-state index contributed by atoms with van der Waals surface area (Å²) < 4.78 is 18.7. The third-order valence-electron chi connectivity index (χ3n) is 3.69. The summed E-state index contributed by atoms with van der Waals surface area (Å²) >= 11 is 0. The number of amides is 1. The Morgan fingerprint density at radius 1 is 1.27 bits per heavy atom. The number of pyridine rings is 1. The van der Waals surface area contributed by atoms with Crippen molar-refractivity contribution < 1.29 is 13.9 Å². The number of halogens is 1. The van der Waals surface area contributed by atoms with Crippen LogP contribution in [0.5, 0.6) is 0 Å². The largest absolute Gasteiger partial charge is 0.374 e. The van der Waals surface area contributed by atoms with Crippen LogP contribution in [0.4, 0.5) is 4.39 Å². The van der Waals surface area contributed by atoms with Gasteiger partial charge in [0.2, 0.25) is 0 Å². The van der Waals surface area contributed by atoms with Crippen LogP contribution < -0.4 is 0 Å². The first-order valence-corrected chi connectivity index (χ1v) is 7.29. The van der Waals surface area contributed by atoms with Crippen molar-refractivity contribution in [2.24, 2.45) is 0 Å². The van der Waals surface area contributed by atoms with Crippen LogP contribution in [0.3, 0.4) is 0 Å². The number of carbonyl (C=O) groups excluding carboxylic acids is 1. The second-order valence-corrected chi connectivity index (χ2v) is 5.29. The van der Waals surface area contributed by atoms with Gasteiger partial charge in [0, 0.05) is 25.7 Å². The van der Waals surface area contributed by atoms with Gasteiger partial charge in [-0.25, -0.2) is 4.39 Å². The maximum absolute atomic E-state index is 12.9. The van der Waals surface area contributed by atoms with Gasteiger partial charge < -0.3 is 9.64 Å². The standard InChI is InChI=1S/C17H17FN2O2/c18-14-6-4-13(5-7-14)11-15-12-20(9-10-22-15)17(21)16-3-1-2-8-19-16/h1-8,15H,9-12H2/t15-/m1/s1. The molecule has 0 unspecified atom stereocenters. The summed E-state index contributed by atoms with van der Waals surface area (Å²) in [5.74, 6) is -0.326. The highest BCUT2D eigenvalue weighted by Gasteiger charge is 2.25. The molecule has 22 heavy (non-hydrogen) atoms. The van der Waals surface area contributed by atoms with Crippen LogP contribution >= 0.6 is 0 Å². The van der Waals surface area contributed by atoms with Gasteiger partial charge in [-0.3, -0.25) is 9.78 Å². The molecule has 0 bridgehead atoms. The topological polar surface area (TPSA) is 42.4 Å². The van der Waals surface area contributed by atoms with E-state index in [1.54, 1.807) is 41.4 Å². The summed E-state index contributed by atoms with van der Waals surface area (Å²) in [5.41, 5.74) is 1.45. The first-order chi connectivity index (χ1) is 10.7. The molecule has 1 aliphatic rings. The minimum atomic E-state index is -0.250. The summed E-state index contributed by atoms with van der Waals surface area (Å²) in [6, 6.07) is 11.7. The minimum Gasteiger partial charge on any atom is -0.374 e. The first kappa shape index (κ1) is 14.7. The van der Waals surface area contributed by atoms with Gasteiger partial charge in [0.1, 0.15) is 11.5 Å². The van der Waals surface area contributed by atoms with Gasteiger partial charge in [0.15, 0.2) is 0 Å². The highest BCUT2D eigenvalue weighted by atomic mass is 19.1. The number of nitrogens with zero attached hydrogens (tertiary/aromatic N) is 2. The second-order valence-electron chi connectivity index (χ2n) is 5.29. The molecule has 0 radical (unpaired) electrons. The van der Waals surface area contributed by atoms with Crippen LogP contribution in [0.25, 0.3) is 0 Å². The molecule has 1 amide bonds. The maximum atomic E-state index is 12.9. The number of carbonyl (C=O) groups is 1. The van der Waals surface area contributed by atoms with E-state index >= 15 is 0 Å². The predicted octanol–water partition coefficient (Wildman–Crippen LogP) is 2.30. The van der Waals surface area contributed by atoms with E-state index in [0.29, 0.717) is 31.8 Å². The van der Waals surface area contributed by atoms with Gasteiger partial charge in [0.05, 0.1) is 12.7 Å². The molecular weight excluding hydrogens is 283 g/mol. The smallest absolute Gasteiger partial charge is 0.272 e. The summed E-state index contributed by atoms with van der Waals surface area (Å²) in [5, 5.41) is 0. The van der Waals surface area contributed by atoms with Gasteiger partial charge in [-0.05, 0) is 29.8 Å². The van der Waals surface area contributed by atoms with Gasteiger partial charge in [-0.2, -0.15) is 0 Å². The Hall–Kier alpha value is -2.27. The van der Waals surface area contributed by atoms with Gasteiger partial charge >= 0.3 is 0 Å². The Kier molecular flexibility index (Phi) is 4.44. The highest BCUT2D eigenvalue weighted by molar-refractivity contribution is 5.92. The molecule has 1 fully saturated rings. The quantitative estimate of drug-likeness (QED) is 0.873. The van der Waals surface area contributed by atoms with E-state index in [9.17, 15) is 9.18 Å².